The van der Waals surface area contributed by atoms with Crippen LogP contribution in [-0.4, -0.2) is 47.5 Å². The third-order valence-corrected chi connectivity index (χ3v) is 5.25. The first-order valence-electron chi connectivity index (χ1n) is 9.56. The molecular weight excluding hydrogens is 342 g/mol. The van der Waals surface area contributed by atoms with Gasteiger partial charge in [0.25, 0.3) is 0 Å². The summed E-state index contributed by atoms with van der Waals surface area (Å²) in [6.07, 6.45) is 2.96. The summed E-state index contributed by atoms with van der Waals surface area (Å²) in [6, 6.07) is 4.14. The molecule has 6 nitrogen and oxygen atoms in total. The highest BCUT2D eigenvalue weighted by atomic mass is 16.5. The molecule has 1 unspecified atom stereocenters. The Morgan fingerprint density at radius 1 is 1.30 bits per heavy atom. The number of hydrogen-bond acceptors (Lipinski definition) is 5. The van der Waals surface area contributed by atoms with Crippen molar-refractivity contribution in [2.45, 2.75) is 46.6 Å². The van der Waals surface area contributed by atoms with Crippen molar-refractivity contribution in [3.63, 3.8) is 0 Å². The fourth-order valence-corrected chi connectivity index (χ4v) is 3.56. The van der Waals surface area contributed by atoms with E-state index in [0.717, 1.165) is 40.7 Å². The molecule has 1 aliphatic heterocycles. The van der Waals surface area contributed by atoms with E-state index < -0.39 is 0 Å². The molecule has 1 N–H and O–H groups in total. The molecule has 2 heterocycles. The second-order valence-corrected chi connectivity index (χ2v) is 6.99. The number of rotatable bonds is 5. The van der Waals surface area contributed by atoms with Gasteiger partial charge in [0.05, 0.1) is 17.8 Å². The highest BCUT2D eigenvalue weighted by Gasteiger charge is 2.27. The van der Waals surface area contributed by atoms with Crippen molar-refractivity contribution in [2.75, 3.05) is 25.0 Å². The lowest BCUT2D eigenvalue weighted by atomic mass is 10.0. The number of fused-ring (bicyclic) bond motifs is 1. The molecule has 1 fully saturated rings. The van der Waals surface area contributed by atoms with Crippen molar-refractivity contribution < 1.29 is 14.3 Å². The number of nitrogens with zero attached hydrogens (tertiary/aromatic N) is 2. The number of likely N-dealkylation sites (tertiary alicyclic amines) is 1. The minimum Gasteiger partial charge on any atom is -0.462 e. The van der Waals surface area contributed by atoms with E-state index in [1.54, 1.807) is 13.1 Å². The molecule has 0 saturated carbocycles. The van der Waals surface area contributed by atoms with E-state index in [1.165, 1.54) is 0 Å². The largest absolute Gasteiger partial charge is 0.462 e. The number of ether oxygens (including phenoxy) is 1. The maximum Gasteiger partial charge on any atom is 0.341 e. The molecular formula is C21H27N3O3. The van der Waals surface area contributed by atoms with Crippen LogP contribution in [0.4, 0.5) is 5.69 Å². The van der Waals surface area contributed by atoms with Crippen LogP contribution in [0.3, 0.4) is 0 Å². The summed E-state index contributed by atoms with van der Waals surface area (Å²) in [6.45, 7) is 9.45. The minimum absolute atomic E-state index is 0.0980. The van der Waals surface area contributed by atoms with Gasteiger partial charge < -0.3 is 15.0 Å². The van der Waals surface area contributed by atoms with Crippen molar-refractivity contribution in [1.29, 1.82) is 0 Å². The van der Waals surface area contributed by atoms with Gasteiger partial charge in [0.2, 0.25) is 5.91 Å². The maximum absolute atomic E-state index is 12.5. The summed E-state index contributed by atoms with van der Waals surface area (Å²) in [5.74, 6) is -0.219. The highest BCUT2D eigenvalue weighted by Crippen LogP contribution is 2.31. The van der Waals surface area contributed by atoms with Crippen molar-refractivity contribution in [3.8, 4) is 0 Å². The molecule has 0 spiro atoms. The molecule has 1 amide bonds. The predicted octanol–water partition coefficient (Wildman–Crippen LogP) is 3.45. The molecule has 0 radical (unpaired) electrons. The lowest BCUT2D eigenvalue weighted by Gasteiger charge is -2.20. The average molecular weight is 369 g/mol. The summed E-state index contributed by atoms with van der Waals surface area (Å²) in [5.41, 5.74) is 4.32. The van der Waals surface area contributed by atoms with Gasteiger partial charge in [0.15, 0.2) is 0 Å². The van der Waals surface area contributed by atoms with E-state index in [0.29, 0.717) is 25.1 Å². The minimum atomic E-state index is -0.382. The molecule has 3 rings (SSSR count). The fourth-order valence-electron chi connectivity index (χ4n) is 3.56. The van der Waals surface area contributed by atoms with Crippen LogP contribution in [-0.2, 0) is 9.53 Å². The number of nitrogens with one attached hydrogen (secondary N) is 1. The van der Waals surface area contributed by atoms with Crippen LogP contribution in [0.2, 0.25) is 0 Å². The van der Waals surface area contributed by atoms with Crippen LogP contribution in [0.5, 0.6) is 0 Å². The van der Waals surface area contributed by atoms with Crippen LogP contribution in [0.25, 0.3) is 10.9 Å². The van der Waals surface area contributed by atoms with Crippen molar-refractivity contribution >= 4 is 28.5 Å². The van der Waals surface area contributed by atoms with E-state index in [4.69, 9.17) is 4.74 Å². The van der Waals surface area contributed by atoms with Crippen molar-refractivity contribution in [2.24, 2.45) is 0 Å². The first kappa shape index (κ1) is 19.1. The highest BCUT2D eigenvalue weighted by molar-refractivity contribution is 6.05. The standard InChI is InChI=1S/C21H27N3O3/c1-5-18(25)24-10-9-15(12-24)23-20-16-8-7-13(3)14(4)19(16)22-11-17(20)21(26)27-6-2/h7-8,11,15H,5-6,9-10,12H2,1-4H3,(H,22,23). The Balaban J connectivity index is 2.00. The van der Waals surface area contributed by atoms with Crippen molar-refractivity contribution in [3.05, 3.63) is 35.0 Å². The number of anilines is 1. The molecule has 1 atom stereocenters. The number of pyridine rings is 1. The summed E-state index contributed by atoms with van der Waals surface area (Å²) in [5, 5.41) is 4.42. The fraction of sp³-hybridized carbons (Fsp3) is 0.476. The Morgan fingerprint density at radius 3 is 2.78 bits per heavy atom. The Labute approximate surface area is 159 Å². The number of carbonyl (C=O) groups is 2. The second-order valence-electron chi connectivity index (χ2n) is 6.99. The SMILES string of the molecule is CCOC(=O)c1cnc2c(C)c(C)ccc2c1NC1CCN(C(=O)CC)C1. The van der Waals surface area contributed by atoms with E-state index in [9.17, 15) is 9.59 Å². The Hall–Kier alpha value is -2.63. The summed E-state index contributed by atoms with van der Waals surface area (Å²) in [7, 11) is 0. The average Bonchev–Trinajstić information content (AvgIpc) is 3.13. The number of esters is 1. The summed E-state index contributed by atoms with van der Waals surface area (Å²) in [4.78, 5) is 30.9. The van der Waals surface area contributed by atoms with Gasteiger partial charge in [-0.05, 0) is 38.3 Å². The lowest BCUT2D eigenvalue weighted by molar-refractivity contribution is -0.129. The van der Waals surface area contributed by atoms with Crippen LogP contribution < -0.4 is 5.32 Å². The molecule has 1 aliphatic rings. The number of carbonyl (C=O) groups excluding carboxylic acids is 2. The third-order valence-electron chi connectivity index (χ3n) is 5.25. The van der Waals surface area contributed by atoms with E-state index in [-0.39, 0.29) is 17.9 Å². The Morgan fingerprint density at radius 2 is 2.07 bits per heavy atom. The molecule has 2 aromatic rings. The van der Waals surface area contributed by atoms with Crippen LogP contribution in [0.15, 0.2) is 18.3 Å². The third kappa shape index (κ3) is 3.75. The van der Waals surface area contributed by atoms with E-state index in [2.05, 4.69) is 10.3 Å². The molecule has 144 valence electrons. The normalized spacial score (nSPS) is 16.6. The molecule has 0 aliphatic carbocycles. The Bertz CT molecular complexity index is 879. The zero-order chi connectivity index (χ0) is 19.6. The Kier molecular flexibility index (Phi) is 5.63. The van der Waals surface area contributed by atoms with Gasteiger partial charge in [-0.2, -0.15) is 0 Å². The smallest absolute Gasteiger partial charge is 0.341 e. The summed E-state index contributed by atoms with van der Waals surface area (Å²) < 4.78 is 5.23. The van der Waals surface area contributed by atoms with Gasteiger partial charge >= 0.3 is 5.97 Å². The molecule has 27 heavy (non-hydrogen) atoms. The van der Waals surface area contributed by atoms with Gasteiger partial charge in [0.1, 0.15) is 5.56 Å². The number of aryl methyl sites for hydroxylation is 2. The first-order valence-corrected chi connectivity index (χ1v) is 9.56. The summed E-state index contributed by atoms with van der Waals surface area (Å²) >= 11 is 0. The van der Waals surface area contributed by atoms with Gasteiger partial charge in [-0.15, -0.1) is 0 Å². The number of aromatic nitrogens is 1. The predicted molar refractivity (Wildman–Crippen MR) is 106 cm³/mol. The number of hydrogen-bond donors (Lipinski definition) is 1. The number of benzene rings is 1. The lowest BCUT2D eigenvalue weighted by Crippen LogP contribution is -2.31. The number of amides is 1. The topological polar surface area (TPSA) is 71.5 Å². The zero-order valence-corrected chi connectivity index (χ0v) is 16.5. The maximum atomic E-state index is 12.5. The van der Waals surface area contributed by atoms with Crippen molar-refractivity contribution in [1.82, 2.24) is 9.88 Å². The molecule has 0 bridgehead atoms. The molecule has 1 aromatic carbocycles. The van der Waals surface area contributed by atoms with Crippen LogP contribution >= 0.6 is 0 Å². The quantitative estimate of drug-likeness (QED) is 0.818. The van der Waals surface area contributed by atoms with Gasteiger partial charge in [-0.3, -0.25) is 9.78 Å². The van der Waals surface area contributed by atoms with Gasteiger partial charge in [0, 0.05) is 37.1 Å². The first-order chi connectivity index (χ1) is 13.0. The zero-order valence-electron chi connectivity index (χ0n) is 16.5. The van der Waals surface area contributed by atoms with Crippen LogP contribution in [0.1, 0.15) is 48.2 Å². The van der Waals surface area contributed by atoms with E-state index in [1.807, 2.05) is 37.8 Å². The van der Waals surface area contributed by atoms with Crippen LogP contribution in [0, 0.1) is 13.8 Å². The molecule has 1 saturated heterocycles. The van der Waals surface area contributed by atoms with Gasteiger partial charge in [-0.1, -0.05) is 19.1 Å². The monoisotopic (exact) mass is 369 g/mol. The second kappa shape index (κ2) is 7.94. The molecule has 1 aromatic heterocycles. The van der Waals surface area contributed by atoms with E-state index >= 15 is 0 Å². The molecule has 6 heteroatoms. The van der Waals surface area contributed by atoms with Gasteiger partial charge in [-0.25, -0.2) is 4.79 Å².